The Morgan fingerprint density at radius 1 is 1.26 bits per heavy atom. The highest BCUT2D eigenvalue weighted by atomic mass is 16.6. The number of imidazole rings is 1. The molecule has 0 spiro atoms. The van der Waals surface area contributed by atoms with Crippen molar-refractivity contribution in [2.45, 2.75) is 26.7 Å². The number of aryl methyl sites for hydroxylation is 1. The first-order valence-corrected chi connectivity index (χ1v) is 8.56. The Kier molecular flexibility index (Phi) is 5.03. The molecule has 2 aromatic carbocycles. The first-order chi connectivity index (χ1) is 12.9. The number of amides is 1. The fourth-order valence-corrected chi connectivity index (χ4v) is 2.96. The number of anilines is 1. The first-order valence-electron chi connectivity index (χ1n) is 8.56. The van der Waals surface area contributed by atoms with Crippen LogP contribution in [0.25, 0.3) is 5.69 Å². The molecule has 3 rings (SSSR count). The number of para-hydroxylation sites is 1. The summed E-state index contributed by atoms with van der Waals surface area (Å²) in [5, 5.41) is 14.4. The van der Waals surface area contributed by atoms with Crippen LogP contribution in [-0.4, -0.2) is 20.4 Å². The van der Waals surface area contributed by atoms with Crippen LogP contribution in [0.1, 0.15) is 41.3 Å². The van der Waals surface area contributed by atoms with Gasteiger partial charge in [0.2, 0.25) is 0 Å². The van der Waals surface area contributed by atoms with Crippen LogP contribution in [0.5, 0.6) is 0 Å². The molecule has 0 fully saturated rings. The summed E-state index contributed by atoms with van der Waals surface area (Å²) in [5.74, 6) is -0.148. The van der Waals surface area contributed by atoms with Crippen LogP contribution < -0.4 is 5.32 Å². The largest absolute Gasteiger partial charge is 0.321 e. The molecule has 3 aromatic rings. The molecule has 1 N–H and O–H groups in total. The van der Waals surface area contributed by atoms with Gasteiger partial charge in [0.25, 0.3) is 11.6 Å². The molecule has 0 aliphatic rings. The van der Waals surface area contributed by atoms with Crippen molar-refractivity contribution in [2.24, 2.45) is 0 Å². The van der Waals surface area contributed by atoms with Gasteiger partial charge in [0, 0.05) is 29.7 Å². The number of carbonyl (C=O) groups excluding carboxylic acids is 1. The molecule has 0 atom stereocenters. The number of nitrogens with one attached hydrogen (secondary N) is 1. The molecule has 0 saturated carbocycles. The van der Waals surface area contributed by atoms with E-state index in [1.807, 2.05) is 25.1 Å². The van der Waals surface area contributed by atoms with E-state index in [9.17, 15) is 14.9 Å². The summed E-state index contributed by atoms with van der Waals surface area (Å²) in [5.41, 5.74) is 3.14. The molecule has 0 bridgehead atoms. The van der Waals surface area contributed by atoms with Crippen molar-refractivity contribution in [3.05, 3.63) is 81.9 Å². The van der Waals surface area contributed by atoms with E-state index in [4.69, 9.17) is 0 Å². The van der Waals surface area contributed by atoms with Gasteiger partial charge >= 0.3 is 0 Å². The average Bonchev–Trinajstić information content (AvgIpc) is 3.17. The second-order valence-electron chi connectivity index (χ2n) is 6.58. The standard InChI is InChI=1S/C20H20N4O3/c1-13(2)16-6-4-5-14(3)19(16)22-20(25)15-7-8-17(18(11-15)24(26)27)23-10-9-21-12-23/h4-13H,1-3H3,(H,22,25). The zero-order chi connectivity index (χ0) is 19.6. The first kappa shape index (κ1) is 18.3. The van der Waals surface area contributed by atoms with E-state index in [-0.39, 0.29) is 23.1 Å². The van der Waals surface area contributed by atoms with E-state index in [0.717, 1.165) is 16.8 Å². The number of aromatic nitrogens is 2. The van der Waals surface area contributed by atoms with E-state index >= 15 is 0 Å². The number of hydrogen-bond donors (Lipinski definition) is 1. The smallest absolute Gasteiger partial charge is 0.294 e. The van der Waals surface area contributed by atoms with E-state index in [1.165, 1.54) is 23.2 Å². The second kappa shape index (κ2) is 7.41. The van der Waals surface area contributed by atoms with Crippen molar-refractivity contribution in [1.82, 2.24) is 9.55 Å². The molecule has 0 saturated heterocycles. The molecule has 0 radical (unpaired) electrons. The molecule has 0 aliphatic carbocycles. The Hall–Kier alpha value is -3.48. The number of rotatable bonds is 5. The molecule has 7 nitrogen and oxygen atoms in total. The van der Waals surface area contributed by atoms with E-state index in [0.29, 0.717) is 5.69 Å². The van der Waals surface area contributed by atoms with E-state index in [1.54, 1.807) is 18.3 Å². The molecule has 1 aromatic heterocycles. The maximum absolute atomic E-state index is 12.8. The fraction of sp³-hybridized carbons (Fsp3) is 0.200. The van der Waals surface area contributed by atoms with Crippen molar-refractivity contribution in [2.75, 3.05) is 5.32 Å². The summed E-state index contributed by atoms with van der Waals surface area (Å²) in [6.45, 7) is 6.02. The average molecular weight is 364 g/mol. The van der Waals surface area contributed by atoms with Crippen molar-refractivity contribution in [3.8, 4) is 5.69 Å². The molecule has 27 heavy (non-hydrogen) atoms. The minimum atomic E-state index is -0.501. The Labute approximate surface area is 156 Å². The van der Waals surface area contributed by atoms with E-state index in [2.05, 4.69) is 24.1 Å². The lowest BCUT2D eigenvalue weighted by molar-refractivity contribution is -0.384. The highest BCUT2D eigenvalue weighted by molar-refractivity contribution is 6.05. The summed E-state index contributed by atoms with van der Waals surface area (Å²) in [7, 11) is 0. The Balaban J connectivity index is 1.97. The third-order valence-corrected chi connectivity index (χ3v) is 4.38. The molecule has 0 unspecified atom stereocenters. The minimum Gasteiger partial charge on any atom is -0.321 e. The molecule has 138 valence electrons. The predicted octanol–water partition coefficient (Wildman–Crippen LogP) is 4.46. The van der Waals surface area contributed by atoms with Crippen molar-refractivity contribution < 1.29 is 9.72 Å². The second-order valence-corrected chi connectivity index (χ2v) is 6.58. The number of nitrogens with zero attached hydrogens (tertiary/aromatic N) is 3. The lowest BCUT2D eigenvalue weighted by Gasteiger charge is -2.16. The van der Waals surface area contributed by atoms with Crippen molar-refractivity contribution in [1.29, 1.82) is 0 Å². The van der Waals surface area contributed by atoms with Gasteiger partial charge in [-0.3, -0.25) is 14.9 Å². The number of carbonyl (C=O) groups is 1. The summed E-state index contributed by atoms with van der Waals surface area (Å²) < 4.78 is 1.54. The molecule has 1 heterocycles. The minimum absolute atomic E-state index is 0.158. The number of nitro benzene ring substituents is 1. The molecule has 7 heteroatoms. The van der Waals surface area contributed by atoms with Gasteiger partial charge in [-0.1, -0.05) is 32.0 Å². The third kappa shape index (κ3) is 3.72. The SMILES string of the molecule is Cc1cccc(C(C)C)c1NC(=O)c1ccc(-n2ccnc2)c([N+](=O)[O-])c1. The maximum atomic E-state index is 12.8. The molecule has 0 aliphatic heterocycles. The van der Waals surface area contributed by atoms with Crippen LogP contribution in [0.15, 0.2) is 55.1 Å². The van der Waals surface area contributed by atoms with Gasteiger partial charge in [-0.25, -0.2) is 4.98 Å². The Morgan fingerprint density at radius 2 is 2.04 bits per heavy atom. The predicted molar refractivity (Wildman–Crippen MR) is 103 cm³/mol. The quantitative estimate of drug-likeness (QED) is 0.534. The summed E-state index contributed by atoms with van der Waals surface area (Å²) in [6, 6.07) is 10.3. The van der Waals surface area contributed by atoms with Gasteiger partial charge in [0.1, 0.15) is 5.69 Å². The summed E-state index contributed by atoms with van der Waals surface area (Å²) in [4.78, 5) is 27.7. The Morgan fingerprint density at radius 3 is 2.67 bits per heavy atom. The molecular formula is C20H20N4O3. The van der Waals surface area contributed by atoms with Crippen LogP contribution in [-0.2, 0) is 0 Å². The van der Waals surface area contributed by atoms with E-state index < -0.39 is 4.92 Å². The van der Waals surface area contributed by atoms with Gasteiger partial charge in [-0.15, -0.1) is 0 Å². The lowest BCUT2D eigenvalue weighted by atomic mass is 9.98. The molecule has 1 amide bonds. The number of nitro groups is 1. The Bertz CT molecular complexity index is 994. The molecular weight excluding hydrogens is 344 g/mol. The fourth-order valence-electron chi connectivity index (χ4n) is 2.96. The highest BCUT2D eigenvalue weighted by Gasteiger charge is 2.20. The number of hydrogen-bond acceptors (Lipinski definition) is 4. The van der Waals surface area contributed by atoms with Crippen LogP contribution >= 0.6 is 0 Å². The van der Waals surface area contributed by atoms with Crippen LogP contribution in [0.3, 0.4) is 0 Å². The van der Waals surface area contributed by atoms with Crippen molar-refractivity contribution in [3.63, 3.8) is 0 Å². The van der Waals surface area contributed by atoms with Crippen molar-refractivity contribution >= 4 is 17.3 Å². The maximum Gasteiger partial charge on any atom is 0.294 e. The topological polar surface area (TPSA) is 90.1 Å². The van der Waals surface area contributed by atoms with Gasteiger partial charge in [-0.2, -0.15) is 0 Å². The van der Waals surface area contributed by atoms with Crippen LogP contribution in [0.2, 0.25) is 0 Å². The monoisotopic (exact) mass is 364 g/mol. The zero-order valence-electron chi connectivity index (χ0n) is 15.3. The lowest BCUT2D eigenvalue weighted by Crippen LogP contribution is -2.15. The van der Waals surface area contributed by atoms with Gasteiger partial charge in [0.15, 0.2) is 0 Å². The van der Waals surface area contributed by atoms with Gasteiger partial charge < -0.3 is 9.88 Å². The van der Waals surface area contributed by atoms with Crippen LogP contribution in [0, 0.1) is 17.0 Å². The summed E-state index contributed by atoms with van der Waals surface area (Å²) in [6.07, 6.45) is 4.63. The normalized spacial score (nSPS) is 10.8. The van der Waals surface area contributed by atoms with Gasteiger partial charge in [-0.05, 0) is 36.1 Å². The van der Waals surface area contributed by atoms with Crippen LogP contribution in [0.4, 0.5) is 11.4 Å². The zero-order valence-corrected chi connectivity index (χ0v) is 15.3. The van der Waals surface area contributed by atoms with Gasteiger partial charge in [0.05, 0.1) is 11.3 Å². The third-order valence-electron chi connectivity index (χ3n) is 4.38. The highest BCUT2D eigenvalue weighted by Crippen LogP contribution is 2.29. The number of benzene rings is 2. The summed E-state index contributed by atoms with van der Waals surface area (Å²) >= 11 is 0.